The van der Waals surface area contributed by atoms with Gasteiger partial charge in [-0.25, -0.2) is 0 Å². The lowest BCUT2D eigenvalue weighted by atomic mass is 10.1. The monoisotopic (exact) mass is 277 g/mol. The number of aliphatic hydroxyl groups is 2. The molecule has 1 aromatic carbocycles. The lowest BCUT2D eigenvalue weighted by Crippen LogP contribution is -2.48. The Bertz CT molecular complexity index is 491. The van der Waals surface area contributed by atoms with Crippen LogP contribution < -0.4 is 5.73 Å². The summed E-state index contributed by atoms with van der Waals surface area (Å²) < 4.78 is 0. The molecule has 1 aliphatic heterocycles. The van der Waals surface area contributed by atoms with Crippen LogP contribution in [0.4, 0.5) is 0 Å². The Morgan fingerprint density at radius 1 is 1.30 bits per heavy atom. The second kappa shape index (κ2) is 6.02. The average Bonchev–Trinajstić information content (AvgIpc) is 2.73. The number of carbonyl (C=O) groups is 2. The Morgan fingerprint density at radius 2 is 1.95 bits per heavy atom. The molecule has 4 N–H and O–H groups in total. The number of primary amides is 1. The number of β-amino-alcohol motifs (C(OH)–C–C–N with tert-alkyl or cyclic N) is 1. The summed E-state index contributed by atoms with van der Waals surface area (Å²) >= 11 is 0. The second-order valence-electron chi connectivity index (χ2n) is 4.79. The summed E-state index contributed by atoms with van der Waals surface area (Å²) in [7, 11) is 0. The average molecular weight is 277 g/mol. The smallest absolute Gasteiger partial charge is 0.243 e. The molecule has 6 nitrogen and oxygen atoms in total. The standard InChI is InChI=1S/C14H17N2O4/c15-14(20)12-13(19)10(17)8-16(12)11(18)7-6-9-4-2-1-3-5-9/h1-5,7,10,12-13,17,19H,6,8H2,(H2,15,20)/t10-,12?,13+/m1/s1. The van der Waals surface area contributed by atoms with E-state index in [-0.39, 0.29) is 6.54 Å². The maximum absolute atomic E-state index is 12.1. The minimum Gasteiger partial charge on any atom is -0.388 e. The van der Waals surface area contributed by atoms with Gasteiger partial charge in [0, 0.05) is 0 Å². The highest BCUT2D eigenvalue weighted by atomic mass is 16.3. The number of rotatable bonds is 4. The van der Waals surface area contributed by atoms with E-state index < -0.39 is 30.1 Å². The third-order valence-corrected chi connectivity index (χ3v) is 3.37. The highest BCUT2D eigenvalue weighted by molar-refractivity contribution is 5.92. The highest BCUT2D eigenvalue weighted by Crippen LogP contribution is 2.20. The first-order chi connectivity index (χ1) is 9.50. The van der Waals surface area contributed by atoms with Crippen LogP contribution in [0.5, 0.6) is 0 Å². The van der Waals surface area contributed by atoms with E-state index in [2.05, 4.69) is 0 Å². The van der Waals surface area contributed by atoms with Gasteiger partial charge in [-0.15, -0.1) is 0 Å². The molecule has 1 heterocycles. The summed E-state index contributed by atoms with van der Waals surface area (Å²) in [4.78, 5) is 24.5. The van der Waals surface area contributed by atoms with Crippen molar-refractivity contribution in [2.45, 2.75) is 24.7 Å². The van der Waals surface area contributed by atoms with Crippen molar-refractivity contribution in [1.82, 2.24) is 4.90 Å². The normalized spacial score (nSPS) is 25.7. The molecule has 0 bridgehead atoms. The molecule has 0 spiro atoms. The molecule has 2 amide bonds. The number of likely N-dealkylation sites (tertiary alicyclic amines) is 1. The van der Waals surface area contributed by atoms with Crippen molar-refractivity contribution in [3.63, 3.8) is 0 Å². The first kappa shape index (κ1) is 14.5. The molecule has 1 aliphatic rings. The van der Waals surface area contributed by atoms with Crippen molar-refractivity contribution < 1.29 is 19.8 Å². The number of benzene rings is 1. The first-order valence-corrected chi connectivity index (χ1v) is 6.34. The van der Waals surface area contributed by atoms with Gasteiger partial charge in [0.1, 0.15) is 12.1 Å². The van der Waals surface area contributed by atoms with Gasteiger partial charge < -0.3 is 20.8 Å². The van der Waals surface area contributed by atoms with E-state index in [0.29, 0.717) is 6.42 Å². The number of amides is 2. The number of hydrogen-bond acceptors (Lipinski definition) is 4. The fourth-order valence-corrected chi connectivity index (χ4v) is 2.30. The molecule has 0 aromatic heterocycles. The summed E-state index contributed by atoms with van der Waals surface area (Å²) in [6.45, 7) is -0.0983. The minimum atomic E-state index is -1.33. The summed E-state index contributed by atoms with van der Waals surface area (Å²) in [6, 6.07) is 8.18. The quantitative estimate of drug-likeness (QED) is 0.646. The van der Waals surface area contributed by atoms with Gasteiger partial charge in [0.25, 0.3) is 0 Å². The fourth-order valence-electron chi connectivity index (χ4n) is 2.30. The molecule has 1 unspecified atom stereocenters. The number of carbonyl (C=O) groups excluding carboxylic acids is 2. The van der Waals surface area contributed by atoms with E-state index in [4.69, 9.17) is 5.73 Å². The van der Waals surface area contributed by atoms with Crippen molar-refractivity contribution >= 4 is 11.8 Å². The molecule has 0 aliphatic carbocycles. The van der Waals surface area contributed by atoms with E-state index in [1.807, 2.05) is 30.3 Å². The fraction of sp³-hybridized carbons (Fsp3) is 0.357. The van der Waals surface area contributed by atoms with Crippen LogP contribution in [0.2, 0.25) is 0 Å². The van der Waals surface area contributed by atoms with Crippen molar-refractivity contribution in [2.24, 2.45) is 5.73 Å². The van der Waals surface area contributed by atoms with Crippen molar-refractivity contribution in [1.29, 1.82) is 0 Å². The first-order valence-electron chi connectivity index (χ1n) is 6.34. The summed E-state index contributed by atoms with van der Waals surface area (Å²) in [5.74, 6) is -1.25. The van der Waals surface area contributed by atoms with Crippen LogP contribution in [0.1, 0.15) is 5.56 Å². The summed E-state index contributed by atoms with van der Waals surface area (Å²) in [6.07, 6.45) is -0.660. The van der Waals surface area contributed by atoms with Gasteiger partial charge in [0.05, 0.1) is 19.1 Å². The molecule has 0 saturated carbocycles. The maximum Gasteiger partial charge on any atom is 0.243 e. The van der Waals surface area contributed by atoms with Gasteiger partial charge in [-0.1, -0.05) is 30.3 Å². The molecule has 6 heteroatoms. The molecular weight excluding hydrogens is 260 g/mol. The lowest BCUT2D eigenvalue weighted by Gasteiger charge is -2.22. The Hall–Kier alpha value is -1.92. The van der Waals surface area contributed by atoms with Crippen LogP contribution in [0.15, 0.2) is 30.3 Å². The number of hydrogen-bond donors (Lipinski definition) is 3. The maximum atomic E-state index is 12.1. The molecule has 107 valence electrons. The van der Waals surface area contributed by atoms with Crippen molar-refractivity contribution in [3.05, 3.63) is 42.3 Å². The third kappa shape index (κ3) is 2.97. The molecule has 1 fully saturated rings. The van der Waals surface area contributed by atoms with Crippen molar-refractivity contribution in [3.8, 4) is 0 Å². The van der Waals surface area contributed by atoms with Gasteiger partial charge in [0.15, 0.2) is 0 Å². The van der Waals surface area contributed by atoms with E-state index in [9.17, 15) is 19.8 Å². The summed E-state index contributed by atoms with van der Waals surface area (Å²) in [5.41, 5.74) is 6.12. The van der Waals surface area contributed by atoms with Gasteiger partial charge in [-0.2, -0.15) is 0 Å². The third-order valence-electron chi connectivity index (χ3n) is 3.37. The number of nitrogens with two attached hydrogens (primary N) is 1. The van der Waals surface area contributed by atoms with E-state index >= 15 is 0 Å². The van der Waals surface area contributed by atoms with Gasteiger partial charge in [-0.3, -0.25) is 9.59 Å². The zero-order valence-electron chi connectivity index (χ0n) is 10.8. The topological polar surface area (TPSA) is 104 Å². The number of aliphatic hydroxyl groups excluding tert-OH is 2. The van der Waals surface area contributed by atoms with Crippen LogP contribution in [0, 0.1) is 6.42 Å². The predicted molar refractivity (Wildman–Crippen MR) is 71.2 cm³/mol. The van der Waals surface area contributed by atoms with Crippen LogP contribution in [0.25, 0.3) is 0 Å². The van der Waals surface area contributed by atoms with Crippen LogP contribution in [0.3, 0.4) is 0 Å². The van der Waals surface area contributed by atoms with Crippen LogP contribution >= 0.6 is 0 Å². The van der Waals surface area contributed by atoms with Gasteiger partial charge in [-0.05, 0) is 12.0 Å². The van der Waals surface area contributed by atoms with Crippen LogP contribution in [-0.4, -0.2) is 51.7 Å². The Labute approximate surface area is 116 Å². The Kier molecular flexibility index (Phi) is 4.36. The van der Waals surface area contributed by atoms with E-state index in [0.717, 1.165) is 10.5 Å². The molecule has 3 atom stereocenters. The van der Waals surface area contributed by atoms with Crippen molar-refractivity contribution in [2.75, 3.05) is 6.54 Å². The minimum absolute atomic E-state index is 0.0983. The Balaban J connectivity index is 1.99. The largest absolute Gasteiger partial charge is 0.388 e. The SMILES string of the molecule is NC(=O)C1[C@@H](O)[C@H](O)CN1C(=O)[CH]Cc1ccccc1. The molecule has 1 radical (unpaired) electrons. The van der Waals surface area contributed by atoms with Crippen LogP contribution in [-0.2, 0) is 16.0 Å². The number of nitrogens with zero attached hydrogens (tertiary/aromatic N) is 1. The second-order valence-corrected chi connectivity index (χ2v) is 4.79. The zero-order valence-corrected chi connectivity index (χ0v) is 10.8. The Morgan fingerprint density at radius 3 is 2.55 bits per heavy atom. The van der Waals surface area contributed by atoms with Gasteiger partial charge >= 0.3 is 0 Å². The summed E-state index contributed by atoms with van der Waals surface area (Å²) in [5, 5.41) is 19.2. The molecule has 20 heavy (non-hydrogen) atoms. The lowest BCUT2D eigenvalue weighted by molar-refractivity contribution is -0.136. The molecular formula is C14H17N2O4. The zero-order chi connectivity index (χ0) is 14.7. The van der Waals surface area contributed by atoms with Gasteiger partial charge in [0.2, 0.25) is 11.8 Å². The molecule has 1 aromatic rings. The van der Waals surface area contributed by atoms with E-state index in [1.54, 1.807) is 0 Å². The predicted octanol–water partition coefficient (Wildman–Crippen LogP) is -1.15. The highest BCUT2D eigenvalue weighted by Gasteiger charge is 2.45. The van der Waals surface area contributed by atoms with E-state index in [1.165, 1.54) is 6.42 Å². The molecule has 2 rings (SSSR count). The molecule has 1 saturated heterocycles.